The number of benzene rings is 2. The third-order valence-corrected chi connectivity index (χ3v) is 9.50. The zero-order valence-corrected chi connectivity index (χ0v) is 28.5. The van der Waals surface area contributed by atoms with Crippen LogP contribution >= 0.6 is 0 Å². The standard InChI is InChI=1S/C35H36N6O7S/c1-6-37-33(43)28-17-26-27(18-40(5)35(45)31(26)39-28)25-14-13-23(16-29(25)48-32-21(2)10-9-11-22(32)3)34(44)41(19-30(42)36-4)49(46,47)20-24-12-7-8-15-38-24/h7-18,39H,6,19-20H2,1-5H3,(H,36,42)(H,37,43). The van der Waals surface area contributed by atoms with Gasteiger partial charge in [0.15, 0.2) is 0 Å². The molecule has 0 unspecified atom stereocenters. The number of carbonyl (C=O) groups excluding carboxylic acids is 3. The Hall–Kier alpha value is -5.76. The van der Waals surface area contributed by atoms with Crippen LogP contribution in [0.5, 0.6) is 11.5 Å². The van der Waals surface area contributed by atoms with Crippen molar-refractivity contribution in [2.45, 2.75) is 26.5 Å². The Morgan fingerprint density at radius 1 is 1.00 bits per heavy atom. The molecule has 0 aliphatic carbocycles. The summed E-state index contributed by atoms with van der Waals surface area (Å²) in [4.78, 5) is 59.4. The van der Waals surface area contributed by atoms with Crippen LogP contribution in [0, 0.1) is 13.8 Å². The maximum atomic E-state index is 14.1. The van der Waals surface area contributed by atoms with Gasteiger partial charge in [0, 0.05) is 55.1 Å². The van der Waals surface area contributed by atoms with Gasteiger partial charge in [-0.15, -0.1) is 0 Å². The second-order valence-electron chi connectivity index (χ2n) is 11.4. The molecule has 14 heteroatoms. The summed E-state index contributed by atoms with van der Waals surface area (Å²) in [5.74, 6) is -1.96. The number of carbonyl (C=O) groups is 3. The second kappa shape index (κ2) is 14.2. The van der Waals surface area contributed by atoms with Gasteiger partial charge in [0.05, 0.1) is 5.69 Å². The van der Waals surface area contributed by atoms with E-state index in [-0.39, 0.29) is 39.7 Å². The summed E-state index contributed by atoms with van der Waals surface area (Å²) in [6.45, 7) is 5.14. The summed E-state index contributed by atoms with van der Waals surface area (Å²) in [7, 11) is -1.47. The van der Waals surface area contributed by atoms with E-state index in [1.54, 1.807) is 44.4 Å². The summed E-state index contributed by atoms with van der Waals surface area (Å²) in [6, 6.07) is 16.4. The number of H-pyrrole nitrogens is 1. The molecular formula is C35H36N6O7S. The van der Waals surface area contributed by atoms with Gasteiger partial charge in [0.1, 0.15) is 35.0 Å². The minimum Gasteiger partial charge on any atom is -0.456 e. The van der Waals surface area contributed by atoms with Crippen molar-refractivity contribution >= 4 is 38.6 Å². The minimum atomic E-state index is -4.39. The summed E-state index contributed by atoms with van der Waals surface area (Å²) in [6.07, 6.45) is 3.04. The highest BCUT2D eigenvalue weighted by atomic mass is 32.2. The van der Waals surface area contributed by atoms with Crippen LogP contribution in [0.2, 0.25) is 0 Å². The number of sulfonamides is 1. The largest absolute Gasteiger partial charge is 0.456 e. The Kier molecular flexibility index (Phi) is 9.99. The zero-order valence-electron chi connectivity index (χ0n) is 27.7. The topological polar surface area (TPSA) is 173 Å². The van der Waals surface area contributed by atoms with Crippen molar-refractivity contribution < 1.29 is 27.5 Å². The Bertz CT molecular complexity index is 2220. The van der Waals surface area contributed by atoms with Gasteiger partial charge in [0.25, 0.3) is 17.4 Å². The Labute approximate surface area is 283 Å². The summed E-state index contributed by atoms with van der Waals surface area (Å²) in [5.41, 5.74) is 2.71. The van der Waals surface area contributed by atoms with Crippen LogP contribution in [0.4, 0.5) is 0 Å². The number of aromatic amines is 1. The molecule has 3 amide bonds. The van der Waals surface area contributed by atoms with Crippen molar-refractivity contribution in [3.63, 3.8) is 0 Å². The maximum Gasteiger partial charge on any atom is 0.274 e. The smallest absolute Gasteiger partial charge is 0.274 e. The van der Waals surface area contributed by atoms with Gasteiger partial charge in [-0.3, -0.25) is 24.2 Å². The van der Waals surface area contributed by atoms with E-state index < -0.39 is 34.1 Å². The number of hydrogen-bond donors (Lipinski definition) is 3. The molecule has 3 N–H and O–H groups in total. The Balaban J connectivity index is 1.69. The van der Waals surface area contributed by atoms with Gasteiger partial charge in [-0.05, 0) is 68.3 Å². The first-order valence-corrected chi connectivity index (χ1v) is 17.0. The molecule has 0 radical (unpaired) electrons. The third-order valence-electron chi connectivity index (χ3n) is 7.87. The second-order valence-corrected chi connectivity index (χ2v) is 13.3. The van der Waals surface area contributed by atoms with Crippen LogP contribution in [0.15, 0.2) is 77.9 Å². The number of nitrogens with one attached hydrogen (secondary N) is 3. The van der Waals surface area contributed by atoms with Crippen LogP contribution in [0.1, 0.15) is 44.6 Å². The molecule has 0 aliphatic heterocycles. The number of fused-ring (bicyclic) bond motifs is 1. The number of amides is 3. The van der Waals surface area contributed by atoms with Gasteiger partial charge in [-0.2, -0.15) is 0 Å². The lowest BCUT2D eigenvalue weighted by molar-refractivity contribution is -0.120. The van der Waals surface area contributed by atoms with Crippen molar-refractivity contribution in [3.8, 4) is 22.6 Å². The fraction of sp³-hybridized carbons (Fsp3) is 0.229. The average Bonchev–Trinajstić information content (AvgIpc) is 3.53. The monoisotopic (exact) mass is 684 g/mol. The number of rotatable bonds is 11. The van der Waals surface area contributed by atoms with Crippen molar-refractivity contribution in [2.24, 2.45) is 7.05 Å². The molecule has 0 bridgehead atoms. The van der Waals surface area contributed by atoms with E-state index in [4.69, 9.17) is 4.74 Å². The molecule has 0 aliphatic rings. The third kappa shape index (κ3) is 7.23. The normalized spacial score (nSPS) is 11.3. The lowest BCUT2D eigenvalue weighted by atomic mass is 10.00. The van der Waals surface area contributed by atoms with E-state index in [1.807, 2.05) is 32.0 Å². The van der Waals surface area contributed by atoms with Gasteiger partial charge in [0.2, 0.25) is 15.9 Å². The molecule has 5 aromatic rings. The molecule has 0 saturated heterocycles. The molecule has 0 atom stereocenters. The molecule has 3 aromatic heterocycles. The van der Waals surface area contributed by atoms with E-state index in [0.29, 0.717) is 33.1 Å². The highest BCUT2D eigenvalue weighted by Crippen LogP contribution is 2.39. The summed E-state index contributed by atoms with van der Waals surface area (Å²) < 4.78 is 35.6. The molecule has 0 spiro atoms. The van der Waals surface area contributed by atoms with Crippen molar-refractivity contribution in [2.75, 3.05) is 20.1 Å². The number of likely N-dealkylation sites (N-methyl/N-ethyl adjacent to an activating group) is 1. The van der Waals surface area contributed by atoms with E-state index >= 15 is 0 Å². The van der Waals surface area contributed by atoms with E-state index in [1.165, 1.54) is 36.0 Å². The molecule has 254 valence electrons. The Morgan fingerprint density at radius 3 is 2.39 bits per heavy atom. The number of aromatic nitrogens is 3. The first kappa shape index (κ1) is 34.6. The molecule has 13 nitrogen and oxygen atoms in total. The first-order valence-electron chi connectivity index (χ1n) is 15.4. The zero-order chi connectivity index (χ0) is 35.5. The molecule has 3 heterocycles. The molecule has 49 heavy (non-hydrogen) atoms. The number of nitrogens with zero attached hydrogens (tertiary/aromatic N) is 3. The summed E-state index contributed by atoms with van der Waals surface area (Å²) in [5, 5.41) is 5.53. The SMILES string of the molecule is CCNC(=O)c1cc2c(-c3ccc(C(=O)N(CC(=O)NC)S(=O)(=O)Cc4ccccn4)cc3Oc3c(C)cccc3C)cn(C)c(=O)c2[nH]1. The quantitative estimate of drug-likeness (QED) is 0.189. The van der Waals surface area contributed by atoms with E-state index in [9.17, 15) is 27.6 Å². The minimum absolute atomic E-state index is 0.0726. The van der Waals surface area contributed by atoms with Gasteiger partial charge < -0.3 is 24.9 Å². The number of pyridine rings is 2. The van der Waals surface area contributed by atoms with Crippen molar-refractivity contribution in [1.82, 2.24) is 29.5 Å². The molecule has 2 aromatic carbocycles. The Morgan fingerprint density at radius 2 is 1.73 bits per heavy atom. The fourth-order valence-corrected chi connectivity index (χ4v) is 6.73. The highest BCUT2D eigenvalue weighted by molar-refractivity contribution is 7.88. The molecule has 0 fully saturated rings. The van der Waals surface area contributed by atoms with Crippen LogP contribution in [0.25, 0.3) is 22.0 Å². The van der Waals surface area contributed by atoms with Crippen LogP contribution in [-0.4, -0.2) is 65.1 Å². The van der Waals surface area contributed by atoms with Crippen LogP contribution in [0.3, 0.4) is 0 Å². The average molecular weight is 685 g/mol. The maximum absolute atomic E-state index is 14.1. The predicted molar refractivity (Wildman–Crippen MR) is 185 cm³/mol. The lowest BCUT2D eigenvalue weighted by Gasteiger charge is -2.23. The van der Waals surface area contributed by atoms with Gasteiger partial charge in [-0.1, -0.05) is 24.3 Å². The number of ether oxygens (including phenoxy) is 1. The number of hydrogen-bond acceptors (Lipinski definition) is 8. The van der Waals surface area contributed by atoms with Gasteiger partial charge in [-0.25, -0.2) is 12.7 Å². The molecule has 5 rings (SSSR count). The van der Waals surface area contributed by atoms with E-state index in [0.717, 1.165) is 11.1 Å². The van der Waals surface area contributed by atoms with Gasteiger partial charge >= 0.3 is 0 Å². The van der Waals surface area contributed by atoms with Crippen LogP contribution in [-0.2, 0) is 27.6 Å². The van der Waals surface area contributed by atoms with Crippen LogP contribution < -0.4 is 20.9 Å². The number of para-hydroxylation sites is 1. The van der Waals surface area contributed by atoms with E-state index in [2.05, 4.69) is 20.6 Å². The predicted octanol–water partition coefficient (Wildman–Crippen LogP) is 3.81. The fourth-order valence-electron chi connectivity index (χ4n) is 5.36. The highest BCUT2D eigenvalue weighted by Gasteiger charge is 2.32. The molecule has 0 saturated carbocycles. The first-order chi connectivity index (χ1) is 23.3. The summed E-state index contributed by atoms with van der Waals surface area (Å²) >= 11 is 0. The molecular weight excluding hydrogens is 648 g/mol. The van der Waals surface area contributed by atoms with Crippen molar-refractivity contribution in [1.29, 1.82) is 0 Å². The van der Waals surface area contributed by atoms with Crippen molar-refractivity contribution in [3.05, 3.63) is 111 Å². The lowest BCUT2D eigenvalue weighted by Crippen LogP contribution is -2.44. The number of aryl methyl sites for hydroxylation is 3.